The van der Waals surface area contributed by atoms with Crippen molar-refractivity contribution in [3.8, 4) is 0 Å². The standard InChI is InChI=1S/C54H62F6O13/c1-10-12-13-14-15-16-23-28-44(63)70-39-30-40-45(68-35(5)61)73-48(69-36(6)62)50(40)42(31-39)49(7,34(4)29-43(50)72-47(65)52(67-9,54(58,59)60)38-26-21-18-22-27-38)32-41(33(3)11-2)71-46(64)51(66-8,53(55,56)57)37-24-19-17-20-25-37/h11,15-28,30,34,39,41-43,45,48H,2-3,10,12-14,29,31-32H2,1,4-9H3/b16-15+,28-23-/t34-,39+,41-,42+,43+,45+,48-,49-,50-,51-,52-/m1/s1. The fourth-order valence-electron chi connectivity index (χ4n) is 10.5. The van der Waals surface area contributed by atoms with Gasteiger partial charge in [0, 0.05) is 50.8 Å². The first-order chi connectivity index (χ1) is 34.3. The first kappa shape index (κ1) is 57.8. The summed E-state index contributed by atoms with van der Waals surface area (Å²) in [7, 11) is 1.36. The highest BCUT2D eigenvalue weighted by Crippen LogP contribution is 2.68. The van der Waals surface area contributed by atoms with Crippen LogP contribution >= 0.6 is 0 Å². The topological polar surface area (TPSA) is 159 Å². The van der Waals surface area contributed by atoms with Gasteiger partial charge in [-0.15, -0.1) is 0 Å². The van der Waals surface area contributed by atoms with E-state index in [1.54, 1.807) is 19.9 Å². The third-order valence-electron chi connectivity index (χ3n) is 14.2. The van der Waals surface area contributed by atoms with Gasteiger partial charge in [0.05, 0.1) is 0 Å². The predicted molar refractivity (Wildman–Crippen MR) is 251 cm³/mol. The van der Waals surface area contributed by atoms with Gasteiger partial charge in [-0.05, 0) is 61.0 Å². The number of halogens is 6. The molecule has 1 saturated heterocycles. The molecule has 1 spiro atoms. The van der Waals surface area contributed by atoms with Crippen LogP contribution in [0.5, 0.6) is 0 Å². The summed E-state index contributed by atoms with van der Waals surface area (Å²) in [5, 5.41) is 0. The van der Waals surface area contributed by atoms with Gasteiger partial charge < -0.3 is 33.2 Å². The molecule has 1 aliphatic heterocycles. The predicted octanol–water partition coefficient (Wildman–Crippen LogP) is 10.5. The van der Waals surface area contributed by atoms with E-state index in [2.05, 4.69) is 20.1 Å². The molecule has 0 amide bonds. The highest BCUT2D eigenvalue weighted by Gasteiger charge is 2.75. The van der Waals surface area contributed by atoms with Crippen LogP contribution < -0.4 is 0 Å². The number of esters is 5. The smallest absolute Gasteiger partial charge is 0.432 e. The van der Waals surface area contributed by atoms with Crippen molar-refractivity contribution >= 4 is 29.8 Å². The number of rotatable bonds is 21. The zero-order valence-corrected chi connectivity index (χ0v) is 41.7. The molecule has 398 valence electrons. The van der Waals surface area contributed by atoms with Crippen LogP contribution in [0, 0.1) is 22.7 Å². The number of alkyl halides is 6. The first-order valence-corrected chi connectivity index (χ1v) is 23.7. The van der Waals surface area contributed by atoms with E-state index >= 15 is 26.3 Å². The Labute approximate surface area is 420 Å². The van der Waals surface area contributed by atoms with Crippen molar-refractivity contribution in [3.63, 3.8) is 0 Å². The van der Waals surface area contributed by atoms with E-state index in [1.807, 2.05) is 6.08 Å². The Kier molecular flexibility index (Phi) is 18.6. The number of unbranched alkanes of at least 4 members (excludes halogenated alkanes) is 3. The Morgan fingerprint density at radius 3 is 1.86 bits per heavy atom. The van der Waals surface area contributed by atoms with Gasteiger partial charge in [-0.25, -0.2) is 14.4 Å². The lowest BCUT2D eigenvalue weighted by Gasteiger charge is -2.61. The number of methoxy groups -OCH3 is 2. The molecule has 2 aromatic carbocycles. The number of hydrogen-bond acceptors (Lipinski definition) is 13. The van der Waals surface area contributed by atoms with Crippen LogP contribution in [-0.2, 0) is 73.1 Å². The van der Waals surface area contributed by atoms with E-state index in [1.165, 1.54) is 48.6 Å². The molecule has 0 N–H and O–H groups in total. The maximum Gasteiger partial charge on any atom is 0.432 e. The molecule has 0 aromatic heterocycles. The van der Waals surface area contributed by atoms with E-state index in [4.69, 9.17) is 37.9 Å². The minimum Gasteiger partial charge on any atom is -0.458 e. The van der Waals surface area contributed by atoms with Crippen molar-refractivity contribution in [2.45, 2.75) is 134 Å². The van der Waals surface area contributed by atoms with E-state index < -0.39 is 131 Å². The van der Waals surface area contributed by atoms with Gasteiger partial charge in [0.1, 0.15) is 23.7 Å². The quantitative estimate of drug-likeness (QED) is 0.0221. The minimum absolute atomic E-state index is 0.0954. The van der Waals surface area contributed by atoms with Crippen LogP contribution in [0.4, 0.5) is 26.3 Å². The zero-order valence-electron chi connectivity index (χ0n) is 41.7. The van der Waals surface area contributed by atoms with Gasteiger partial charge in [-0.3, -0.25) is 14.3 Å². The van der Waals surface area contributed by atoms with Gasteiger partial charge in [0.2, 0.25) is 12.6 Å². The summed E-state index contributed by atoms with van der Waals surface area (Å²) in [4.78, 5) is 68.6. The SMILES string of the molecule is C=CC(=C)[C@@H](C[C@]1(C)[C@H](C)C[C@H](OC(=O)[C@](OC)(c2ccccc2)C(F)(F)F)[C@@]23C(=C[C@H](OC(=O)/C=C\C=C\CCCCC)C[C@@H]12)[C@@H](OC(C)=O)O[C@H]3OC(C)=O)OC(=O)[C@](OC)(c1ccccc1)C(F)(F)F. The van der Waals surface area contributed by atoms with Crippen molar-refractivity contribution in [1.29, 1.82) is 0 Å². The fraction of sp³-hybridized carbons (Fsp3) is 0.500. The second-order valence-electron chi connectivity index (χ2n) is 18.5. The summed E-state index contributed by atoms with van der Waals surface area (Å²) in [5.41, 5.74) is -12.6. The lowest BCUT2D eigenvalue weighted by molar-refractivity contribution is -0.291. The van der Waals surface area contributed by atoms with Crippen LogP contribution in [0.2, 0.25) is 0 Å². The van der Waals surface area contributed by atoms with Crippen LogP contribution in [0.25, 0.3) is 0 Å². The Hall–Kier alpha value is -6.05. The molecule has 0 bridgehead atoms. The second-order valence-corrected chi connectivity index (χ2v) is 18.5. The van der Waals surface area contributed by atoms with Gasteiger partial charge >= 0.3 is 42.2 Å². The Bertz CT molecular complexity index is 2420. The fourth-order valence-corrected chi connectivity index (χ4v) is 10.5. The van der Waals surface area contributed by atoms with Crippen LogP contribution in [0.15, 0.2) is 121 Å². The molecule has 2 fully saturated rings. The van der Waals surface area contributed by atoms with Crippen LogP contribution in [0.3, 0.4) is 0 Å². The molecule has 0 unspecified atom stereocenters. The molecule has 2 aromatic rings. The average Bonchev–Trinajstić information content (AvgIpc) is 3.61. The number of hydrogen-bond donors (Lipinski definition) is 0. The third-order valence-corrected chi connectivity index (χ3v) is 14.2. The maximum atomic E-state index is 15.5. The molecule has 13 nitrogen and oxygen atoms in total. The Balaban J connectivity index is 1.76. The summed E-state index contributed by atoms with van der Waals surface area (Å²) in [6.07, 6.45) is -8.35. The molecule has 2 aliphatic carbocycles. The molecule has 5 rings (SSSR count). The number of carbonyl (C=O) groups is 5. The van der Waals surface area contributed by atoms with Crippen LogP contribution in [-0.4, -0.2) is 87.3 Å². The van der Waals surface area contributed by atoms with Crippen molar-refractivity contribution < 1.29 is 88.2 Å². The molecule has 1 heterocycles. The Morgan fingerprint density at radius 1 is 0.795 bits per heavy atom. The summed E-state index contributed by atoms with van der Waals surface area (Å²) < 4.78 is 138. The molecule has 19 heteroatoms. The van der Waals surface area contributed by atoms with Crippen LogP contribution in [0.1, 0.15) is 90.7 Å². The number of benzene rings is 2. The van der Waals surface area contributed by atoms with Crippen molar-refractivity contribution in [2.24, 2.45) is 22.7 Å². The number of ether oxygens (including phenoxy) is 8. The normalized spacial score (nSPS) is 27.0. The summed E-state index contributed by atoms with van der Waals surface area (Å²) in [6, 6.07) is 12.0. The molecule has 0 radical (unpaired) electrons. The summed E-state index contributed by atoms with van der Waals surface area (Å²) >= 11 is 0. The van der Waals surface area contributed by atoms with Gasteiger partial charge in [-0.1, -0.05) is 132 Å². The number of carbonyl (C=O) groups excluding carboxylic acids is 5. The van der Waals surface area contributed by atoms with E-state index in [0.29, 0.717) is 14.2 Å². The second kappa shape index (κ2) is 23.4. The molecule has 73 heavy (non-hydrogen) atoms. The van der Waals surface area contributed by atoms with Gasteiger partial charge in [0.25, 0.3) is 11.2 Å². The molecule has 1 saturated carbocycles. The maximum absolute atomic E-state index is 15.5. The molecular formula is C54H62F6O13. The summed E-state index contributed by atoms with van der Waals surface area (Å²) in [5.74, 6) is -8.87. The van der Waals surface area contributed by atoms with Crippen molar-refractivity contribution in [1.82, 2.24) is 0 Å². The largest absolute Gasteiger partial charge is 0.458 e. The van der Waals surface area contributed by atoms with Crippen molar-refractivity contribution in [3.05, 3.63) is 133 Å². The van der Waals surface area contributed by atoms with E-state index in [-0.39, 0.29) is 17.6 Å². The highest BCUT2D eigenvalue weighted by atomic mass is 19.4. The molecule has 11 atom stereocenters. The highest BCUT2D eigenvalue weighted by molar-refractivity contribution is 5.84. The zero-order chi connectivity index (χ0) is 54.2. The first-order valence-electron chi connectivity index (χ1n) is 23.7. The third kappa shape index (κ3) is 11.4. The number of allylic oxidation sites excluding steroid dienone is 3. The minimum atomic E-state index is -5.47. The molecule has 3 aliphatic rings. The lowest BCUT2D eigenvalue weighted by Crippen LogP contribution is -2.65. The van der Waals surface area contributed by atoms with Crippen molar-refractivity contribution in [2.75, 3.05) is 14.2 Å². The molecular weight excluding hydrogens is 971 g/mol. The average molecular weight is 1030 g/mol. The monoisotopic (exact) mass is 1030 g/mol. The van der Waals surface area contributed by atoms with Gasteiger partial charge in [0.15, 0.2) is 0 Å². The lowest BCUT2D eigenvalue weighted by atomic mass is 9.44. The summed E-state index contributed by atoms with van der Waals surface area (Å²) in [6.45, 7) is 15.0. The van der Waals surface area contributed by atoms with Gasteiger partial charge in [-0.2, -0.15) is 26.3 Å². The Morgan fingerprint density at radius 2 is 1.36 bits per heavy atom. The van der Waals surface area contributed by atoms with E-state index in [9.17, 15) is 24.0 Å². The van der Waals surface area contributed by atoms with E-state index in [0.717, 1.165) is 75.9 Å².